The molecule has 1 aromatic carbocycles. The molecular formula is C19H21FN4O2. The zero-order chi connectivity index (χ0) is 17.9. The van der Waals surface area contributed by atoms with Crippen LogP contribution in [0, 0.1) is 12.7 Å². The van der Waals surface area contributed by atoms with E-state index in [0.29, 0.717) is 5.89 Å². The van der Waals surface area contributed by atoms with Crippen LogP contribution in [0.1, 0.15) is 17.1 Å². The molecule has 0 unspecified atom stereocenters. The summed E-state index contributed by atoms with van der Waals surface area (Å²) in [7, 11) is 0. The van der Waals surface area contributed by atoms with E-state index in [9.17, 15) is 4.39 Å². The maximum atomic E-state index is 13.0. The summed E-state index contributed by atoms with van der Waals surface area (Å²) in [4.78, 5) is 9.25. The Morgan fingerprint density at radius 1 is 1.04 bits per heavy atom. The van der Waals surface area contributed by atoms with E-state index in [1.807, 2.05) is 13.0 Å². The van der Waals surface area contributed by atoms with E-state index < -0.39 is 0 Å². The topological polar surface area (TPSA) is 58.5 Å². The van der Waals surface area contributed by atoms with Crippen LogP contribution < -0.4 is 0 Å². The first-order chi connectivity index (χ1) is 12.7. The molecule has 3 heterocycles. The Morgan fingerprint density at radius 2 is 1.73 bits per heavy atom. The first-order valence-corrected chi connectivity index (χ1v) is 8.73. The number of rotatable bonds is 5. The van der Waals surface area contributed by atoms with Crippen molar-refractivity contribution >= 4 is 0 Å². The third-order valence-corrected chi connectivity index (χ3v) is 4.55. The van der Waals surface area contributed by atoms with Gasteiger partial charge in [-0.2, -0.15) is 0 Å². The Morgan fingerprint density at radius 3 is 2.38 bits per heavy atom. The second-order valence-electron chi connectivity index (χ2n) is 6.64. The Hall–Kier alpha value is -2.51. The molecule has 0 N–H and O–H groups in total. The van der Waals surface area contributed by atoms with Gasteiger partial charge in [0.1, 0.15) is 12.1 Å². The summed E-state index contributed by atoms with van der Waals surface area (Å²) in [5.74, 6) is 1.18. The third kappa shape index (κ3) is 4.00. The van der Waals surface area contributed by atoms with Gasteiger partial charge in [0, 0.05) is 44.4 Å². The molecule has 2 aromatic heterocycles. The largest absolute Gasteiger partial charge is 0.444 e. The Bertz CT molecular complexity index is 851. The predicted molar refractivity (Wildman–Crippen MR) is 93.7 cm³/mol. The SMILES string of the molecule is Cc1cc(CN2CCN(Cc3coc(-c4ccc(F)cc4)n3)CC2)on1. The van der Waals surface area contributed by atoms with Gasteiger partial charge in [0.05, 0.1) is 17.9 Å². The van der Waals surface area contributed by atoms with E-state index in [1.165, 1.54) is 12.1 Å². The highest BCUT2D eigenvalue weighted by molar-refractivity contribution is 5.52. The monoisotopic (exact) mass is 356 g/mol. The first-order valence-electron chi connectivity index (χ1n) is 8.73. The summed E-state index contributed by atoms with van der Waals surface area (Å²) >= 11 is 0. The van der Waals surface area contributed by atoms with E-state index in [0.717, 1.165) is 62.0 Å². The third-order valence-electron chi connectivity index (χ3n) is 4.55. The highest BCUT2D eigenvalue weighted by atomic mass is 19.1. The quantitative estimate of drug-likeness (QED) is 0.700. The number of hydrogen-bond acceptors (Lipinski definition) is 6. The van der Waals surface area contributed by atoms with Gasteiger partial charge in [0.2, 0.25) is 5.89 Å². The lowest BCUT2D eigenvalue weighted by Gasteiger charge is -2.33. The maximum Gasteiger partial charge on any atom is 0.226 e. The van der Waals surface area contributed by atoms with Crippen molar-refractivity contribution in [3.63, 3.8) is 0 Å². The fraction of sp³-hybridized carbons (Fsp3) is 0.368. The summed E-state index contributed by atoms with van der Waals surface area (Å²) in [6.07, 6.45) is 1.68. The number of aryl methyl sites for hydroxylation is 1. The average molecular weight is 356 g/mol. The molecule has 136 valence electrons. The van der Waals surface area contributed by atoms with Crippen LogP contribution in [0.15, 0.2) is 45.5 Å². The van der Waals surface area contributed by atoms with E-state index in [4.69, 9.17) is 8.94 Å². The summed E-state index contributed by atoms with van der Waals surface area (Å²) in [6.45, 7) is 7.36. The lowest BCUT2D eigenvalue weighted by Crippen LogP contribution is -2.45. The molecule has 0 amide bonds. The van der Waals surface area contributed by atoms with E-state index in [2.05, 4.69) is 19.9 Å². The second-order valence-corrected chi connectivity index (χ2v) is 6.64. The molecule has 1 saturated heterocycles. The zero-order valence-electron chi connectivity index (χ0n) is 14.7. The van der Waals surface area contributed by atoms with E-state index in [1.54, 1.807) is 18.4 Å². The van der Waals surface area contributed by atoms with Crippen molar-refractivity contribution in [3.8, 4) is 11.5 Å². The molecule has 1 fully saturated rings. The standard InChI is InChI=1S/C19H21FN4O2/c1-14-10-18(26-22-14)12-24-8-6-23(7-9-24)11-17-13-25-19(21-17)15-2-4-16(20)5-3-15/h2-5,10,13H,6-9,11-12H2,1H3. The first kappa shape index (κ1) is 16.9. The average Bonchev–Trinajstić information content (AvgIpc) is 3.26. The molecule has 1 aliphatic rings. The normalized spacial score (nSPS) is 16.2. The molecule has 3 aromatic rings. The number of nitrogens with zero attached hydrogens (tertiary/aromatic N) is 4. The van der Waals surface area contributed by atoms with Gasteiger partial charge in [-0.15, -0.1) is 0 Å². The van der Waals surface area contributed by atoms with E-state index >= 15 is 0 Å². The van der Waals surface area contributed by atoms with Gasteiger partial charge in [0.25, 0.3) is 0 Å². The van der Waals surface area contributed by atoms with E-state index in [-0.39, 0.29) is 5.82 Å². The van der Waals surface area contributed by atoms with Crippen LogP contribution >= 0.6 is 0 Å². The summed E-state index contributed by atoms with van der Waals surface area (Å²) < 4.78 is 23.9. The van der Waals surface area contributed by atoms with Gasteiger partial charge < -0.3 is 8.94 Å². The van der Waals surface area contributed by atoms with Gasteiger partial charge in [-0.05, 0) is 31.2 Å². The van der Waals surface area contributed by atoms with Crippen LogP contribution in [-0.2, 0) is 13.1 Å². The second kappa shape index (κ2) is 7.39. The van der Waals surface area contributed by atoms with Crippen LogP contribution in [0.5, 0.6) is 0 Å². The van der Waals surface area contributed by atoms with Crippen LogP contribution in [-0.4, -0.2) is 46.1 Å². The van der Waals surface area contributed by atoms with Gasteiger partial charge in [-0.25, -0.2) is 9.37 Å². The zero-order valence-corrected chi connectivity index (χ0v) is 14.7. The summed E-state index contributed by atoms with van der Waals surface area (Å²) in [5, 5.41) is 3.93. The molecule has 0 saturated carbocycles. The summed E-state index contributed by atoms with van der Waals surface area (Å²) in [6, 6.07) is 8.16. The van der Waals surface area contributed by atoms with Crippen molar-refractivity contribution in [2.45, 2.75) is 20.0 Å². The summed E-state index contributed by atoms with van der Waals surface area (Å²) in [5.41, 5.74) is 2.59. The number of benzene rings is 1. The highest BCUT2D eigenvalue weighted by Gasteiger charge is 2.19. The smallest absolute Gasteiger partial charge is 0.226 e. The maximum absolute atomic E-state index is 13.0. The van der Waals surface area contributed by atoms with Crippen LogP contribution in [0.25, 0.3) is 11.5 Å². The van der Waals surface area contributed by atoms with Crippen molar-refractivity contribution in [1.29, 1.82) is 0 Å². The Labute approximate surface area is 151 Å². The van der Waals surface area contributed by atoms with Gasteiger partial charge >= 0.3 is 0 Å². The minimum absolute atomic E-state index is 0.265. The molecule has 1 aliphatic heterocycles. The number of oxazole rings is 1. The lowest BCUT2D eigenvalue weighted by atomic mass is 10.2. The van der Waals surface area contributed by atoms with Crippen molar-refractivity contribution in [2.75, 3.05) is 26.2 Å². The van der Waals surface area contributed by atoms with Gasteiger partial charge in [-0.3, -0.25) is 9.80 Å². The molecular weight excluding hydrogens is 335 g/mol. The molecule has 4 rings (SSSR count). The van der Waals surface area contributed by atoms with Crippen molar-refractivity contribution in [1.82, 2.24) is 19.9 Å². The molecule has 0 atom stereocenters. The number of piperazine rings is 1. The minimum atomic E-state index is -0.265. The van der Waals surface area contributed by atoms with Gasteiger partial charge in [-0.1, -0.05) is 5.16 Å². The fourth-order valence-electron chi connectivity index (χ4n) is 3.15. The molecule has 26 heavy (non-hydrogen) atoms. The van der Waals surface area contributed by atoms with Crippen molar-refractivity contribution in [3.05, 3.63) is 59.6 Å². The molecule has 6 nitrogen and oxygen atoms in total. The number of hydrogen-bond donors (Lipinski definition) is 0. The number of aromatic nitrogens is 2. The van der Waals surface area contributed by atoms with Crippen LogP contribution in [0.4, 0.5) is 4.39 Å². The molecule has 0 bridgehead atoms. The predicted octanol–water partition coefficient (Wildman–Crippen LogP) is 3.09. The van der Waals surface area contributed by atoms with Crippen LogP contribution in [0.3, 0.4) is 0 Å². The number of halogens is 1. The molecule has 0 radical (unpaired) electrons. The Balaban J connectivity index is 1.30. The highest BCUT2D eigenvalue weighted by Crippen LogP contribution is 2.20. The van der Waals surface area contributed by atoms with Crippen molar-refractivity contribution in [2.24, 2.45) is 0 Å². The molecule has 0 spiro atoms. The Kier molecular flexibility index (Phi) is 4.81. The van der Waals surface area contributed by atoms with Gasteiger partial charge in [0.15, 0.2) is 5.76 Å². The minimum Gasteiger partial charge on any atom is -0.444 e. The molecule has 0 aliphatic carbocycles. The van der Waals surface area contributed by atoms with Crippen LogP contribution in [0.2, 0.25) is 0 Å². The molecule has 7 heteroatoms. The fourth-order valence-corrected chi connectivity index (χ4v) is 3.15. The van der Waals surface area contributed by atoms with Crippen molar-refractivity contribution < 1.29 is 13.3 Å². The lowest BCUT2D eigenvalue weighted by molar-refractivity contribution is 0.113.